The molecule has 14 heavy (non-hydrogen) atoms. The van der Waals surface area contributed by atoms with Crippen LogP contribution in [0.4, 0.5) is 0 Å². The molecule has 0 spiro atoms. The van der Waals surface area contributed by atoms with Crippen molar-refractivity contribution >= 4 is 0 Å². The zero-order valence-corrected chi connectivity index (χ0v) is 8.19. The van der Waals surface area contributed by atoms with Crippen LogP contribution >= 0.6 is 0 Å². The third kappa shape index (κ3) is 2.99. The van der Waals surface area contributed by atoms with Crippen LogP contribution in [0.25, 0.3) is 0 Å². The summed E-state index contributed by atoms with van der Waals surface area (Å²) in [4.78, 5) is 7.79. The maximum absolute atomic E-state index is 8.59. The van der Waals surface area contributed by atoms with Crippen molar-refractivity contribution in [3.05, 3.63) is 18.0 Å². The van der Waals surface area contributed by atoms with Gasteiger partial charge >= 0.3 is 6.01 Å². The van der Waals surface area contributed by atoms with Crippen LogP contribution in [0.5, 0.6) is 6.01 Å². The summed E-state index contributed by atoms with van der Waals surface area (Å²) in [5.74, 6) is 0. The first kappa shape index (κ1) is 10.4. The molecule has 5 heteroatoms. The molecule has 0 aliphatic rings. The molecular formula is C9H12N4O. The molecule has 0 aliphatic carbocycles. The summed E-state index contributed by atoms with van der Waals surface area (Å²) >= 11 is 0. The maximum Gasteiger partial charge on any atom is 0.317 e. The third-order valence-corrected chi connectivity index (χ3v) is 1.55. The van der Waals surface area contributed by atoms with E-state index in [1.165, 1.54) is 12.3 Å². The van der Waals surface area contributed by atoms with Crippen LogP contribution in [-0.2, 0) is 0 Å². The summed E-state index contributed by atoms with van der Waals surface area (Å²) in [6.45, 7) is 2.61. The fourth-order valence-electron chi connectivity index (χ4n) is 0.969. The van der Waals surface area contributed by atoms with Gasteiger partial charge in [-0.15, -0.1) is 0 Å². The molecule has 1 rings (SSSR count). The summed E-state index contributed by atoms with van der Waals surface area (Å²) in [5.41, 5.74) is 0.312. The summed E-state index contributed by atoms with van der Waals surface area (Å²) in [6.07, 6.45) is 1.49. The highest BCUT2D eigenvalue weighted by Gasteiger charge is 2.05. The molecule has 74 valence electrons. The molecule has 1 aromatic heterocycles. The molecular weight excluding hydrogens is 180 g/mol. The van der Waals surface area contributed by atoms with Gasteiger partial charge in [0.15, 0.2) is 0 Å². The Hall–Kier alpha value is -1.67. The Kier molecular flexibility index (Phi) is 3.83. The molecule has 0 amide bonds. The Bertz CT molecular complexity index is 334. The number of likely N-dealkylation sites (N-methyl/N-ethyl adjacent to an activating group) is 1. The van der Waals surface area contributed by atoms with Gasteiger partial charge < -0.3 is 10.1 Å². The van der Waals surface area contributed by atoms with Crippen molar-refractivity contribution in [2.75, 3.05) is 13.6 Å². The SMILES string of the molecule is CNCC(C)Oc1nccc(C#N)n1. The van der Waals surface area contributed by atoms with Gasteiger partial charge in [0.1, 0.15) is 17.9 Å². The van der Waals surface area contributed by atoms with Gasteiger partial charge in [0.05, 0.1) is 0 Å². The van der Waals surface area contributed by atoms with Crippen molar-refractivity contribution < 1.29 is 4.74 Å². The van der Waals surface area contributed by atoms with Gasteiger partial charge in [-0.2, -0.15) is 10.2 Å². The normalized spacial score (nSPS) is 11.8. The average Bonchev–Trinajstić information content (AvgIpc) is 2.18. The smallest absolute Gasteiger partial charge is 0.317 e. The van der Waals surface area contributed by atoms with Gasteiger partial charge in [0.2, 0.25) is 0 Å². The van der Waals surface area contributed by atoms with Crippen LogP contribution in [0.15, 0.2) is 12.3 Å². The quantitative estimate of drug-likeness (QED) is 0.744. The number of aromatic nitrogens is 2. The number of rotatable bonds is 4. The lowest BCUT2D eigenvalue weighted by molar-refractivity contribution is 0.202. The molecule has 1 aromatic rings. The second kappa shape index (κ2) is 5.14. The van der Waals surface area contributed by atoms with Gasteiger partial charge in [-0.3, -0.25) is 0 Å². The second-order valence-electron chi connectivity index (χ2n) is 2.82. The van der Waals surface area contributed by atoms with Crippen molar-refractivity contribution in [3.8, 4) is 12.1 Å². The van der Waals surface area contributed by atoms with E-state index < -0.39 is 0 Å². The molecule has 1 N–H and O–H groups in total. The third-order valence-electron chi connectivity index (χ3n) is 1.55. The van der Waals surface area contributed by atoms with Crippen LogP contribution in [0, 0.1) is 11.3 Å². The molecule has 1 atom stereocenters. The minimum Gasteiger partial charge on any atom is -0.459 e. The molecule has 1 heterocycles. The zero-order valence-electron chi connectivity index (χ0n) is 8.19. The van der Waals surface area contributed by atoms with Crippen LogP contribution in [0.3, 0.4) is 0 Å². The van der Waals surface area contributed by atoms with Crippen molar-refractivity contribution in [1.82, 2.24) is 15.3 Å². The monoisotopic (exact) mass is 192 g/mol. The molecule has 1 unspecified atom stereocenters. The highest BCUT2D eigenvalue weighted by Crippen LogP contribution is 2.04. The number of hydrogen-bond acceptors (Lipinski definition) is 5. The maximum atomic E-state index is 8.59. The van der Waals surface area contributed by atoms with Crippen molar-refractivity contribution in [2.45, 2.75) is 13.0 Å². The first-order chi connectivity index (χ1) is 6.76. The summed E-state index contributed by atoms with van der Waals surface area (Å²) < 4.78 is 5.36. The molecule has 0 radical (unpaired) electrons. The lowest BCUT2D eigenvalue weighted by atomic mass is 10.4. The van der Waals surface area contributed by atoms with Gasteiger partial charge in [-0.1, -0.05) is 0 Å². The standard InChI is InChI=1S/C9H12N4O/c1-7(6-11-2)14-9-12-4-3-8(5-10)13-9/h3-4,7,11H,6H2,1-2H3. The van der Waals surface area contributed by atoms with Gasteiger partial charge in [-0.05, 0) is 20.0 Å². The fourth-order valence-corrected chi connectivity index (χ4v) is 0.969. The Morgan fingerprint density at radius 1 is 1.71 bits per heavy atom. The number of hydrogen-bond donors (Lipinski definition) is 1. The first-order valence-corrected chi connectivity index (χ1v) is 4.30. The largest absolute Gasteiger partial charge is 0.459 e. The molecule has 0 aliphatic heterocycles. The summed E-state index contributed by atoms with van der Waals surface area (Å²) in [5, 5.41) is 11.6. The van der Waals surface area contributed by atoms with Crippen LogP contribution in [-0.4, -0.2) is 29.7 Å². The van der Waals surface area contributed by atoms with Crippen molar-refractivity contribution in [1.29, 1.82) is 5.26 Å². The Morgan fingerprint density at radius 2 is 2.50 bits per heavy atom. The molecule has 0 bridgehead atoms. The van der Waals surface area contributed by atoms with E-state index in [-0.39, 0.29) is 12.1 Å². The van der Waals surface area contributed by atoms with Gasteiger partial charge in [0, 0.05) is 12.7 Å². The predicted octanol–water partition coefficient (Wildman–Crippen LogP) is 0.335. The van der Waals surface area contributed by atoms with E-state index in [1.54, 1.807) is 0 Å². The lowest BCUT2D eigenvalue weighted by Crippen LogP contribution is -2.26. The summed E-state index contributed by atoms with van der Waals surface area (Å²) in [7, 11) is 1.84. The Balaban J connectivity index is 2.63. The van der Waals surface area contributed by atoms with Crippen molar-refractivity contribution in [3.63, 3.8) is 0 Å². The Labute approximate surface area is 82.8 Å². The number of nitrogens with one attached hydrogen (secondary N) is 1. The highest BCUT2D eigenvalue weighted by atomic mass is 16.5. The van der Waals surface area contributed by atoms with Gasteiger partial charge in [-0.25, -0.2) is 4.98 Å². The lowest BCUT2D eigenvalue weighted by Gasteiger charge is -2.11. The van der Waals surface area contributed by atoms with Gasteiger partial charge in [0.25, 0.3) is 0 Å². The number of nitrogens with zero attached hydrogens (tertiary/aromatic N) is 3. The summed E-state index contributed by atoms with van der Waals surface area (Å²) in [6, 6.07) is 3.71. The Morgan fingerprint density at radius 3 is 3.14 bits per heavy atom. The van der Waals surface area contributed by atoms with E-state index in [2.05, 4.69) is 15.3 Å². The number of nitriles is 1. The highest BCUT2D eigenvalue weighted by molar-refractivity contribution is 5.19. The van der Waals surface area contributed by atoms with E-state index in [1.807, 2.05) is 20.0 Å². The fraction of sp³-hybridized carbons (Fsp3) is 0.444. The van der Waals surface area contributed by atoms with Crippen LogP contribution < -0.4 is 10.1 Å². The molecule has 5 nitrogen and oxygen atoms in total. The van der Waals surface area contributed by atoms with E-state index >= 15 is 0 Å². The minimum atomic E-state index is -0.0195. The van der Waals surface area contributed by atoms with E-state index in [9.17, 15) is 0 Å². The van der Waals surface area contributed by atoms with Crippen LogP contribution in [0.2, 0.25) is 0 Å². The number of ether oxygens (including phenoxy) is 1. The minimum absolute atomic E-state index is 0.0195. The van der Waals surface area contributed by atoms with Crippen molar-refractivity contribution in [2.24, 2.45) is 0 Å². The zero-order chi connectivity index (χ0) is 10.4. The molecule has 0 fully saturated rings. The van der Waals surface area contributed by atoms with E-state index in [4.69, 9.17) is 10.00 Å². The molecule has 0 saturated carbocycles. The second-order valence-corrected chi connectivity index (χ2v) is 2.82. The van der Waals surface area contributed by atoms with Crippen LogP contribution in [0.1, 0.15) is 12.6 Å². The molecule has 0 saturated heterocycles. The average molecular weight is 192 g/mol. The predicted molar refractivity (Wildman–Crippen MR) is 50.8 cm³/mol. The van der Waals surface area contributed by atoms with E-state index in [0.717, 1.165) is 0 Å². The topological polar surface area (TPSA) is 70.8 Å². The first-order valence-electron chi connectivity index (χ1n) is 4.30. The molecule has 0 aromatic carbocycles. The van der Waals surface area contributed by atoms with E-state index in [0.29, 0.717) is 12.2 Å².